The van der Waals surface area contributed by atoms with Crippen LogP contribution in [0, 0.1) is 10.5 Å². The van der Waals surface area contributed by atoms with Gasteiger partial charge in [-0.1, -0.05) is 45.7 Å². The average molecular weight is 482 g/mol. The number of hydrogen-bond acceptors (Lipinski definition) is 2. The molecule has 112 valence electrons. The van der Waals surface area contributed by atoms with E-state index in [1.54, 1.807) is 20.3 Å². The molecule has 0 spiro atoms. The van der Waals surface area contributed by atoms with E-state index in [0.29, 0.717) is 16.5 Å². The van der Waals surface area contributed by atoms with Crippen LogP contribution in [-0.4, -0.2) is 14.2 Å². The van der Waals surface area contributed by atoms with Crippen LogP contribution in [-0.2, 0) is 0 Å². The van der Waals surface area contributed by atoms with Crippen LogP contribution in [0.3, 0.4) is 0 Å². The van der Waals surface area contributed by atoms with Gasteiger partial charge in [-0.25, -0.2) is 0 Å². The maximum atomic E-state index is 6.41. The smallest absolute Gasteiger partial charge is 0.162 e. The zero-order chi connectivity index (χ0) is 15.6. The Balaban J connectivity index is 2.53. The van der Waals surface area contributed by atoms with Gasteiger partial charge >= 0.3 is 0 Å². The zero-order valence-corrected chi connectivity index (χ0v) is 16.4. The maximum Gasteiger partial charge on any atom is 0.162 e. The summed E-state index contributed by atoms with van der Waals surface area (Å²) in [5.74, 6) is 1.30. The summed E-state index contributed by atoms with van der Waals surface area (Å²) >= 11 is 12.5. The molecule has 0 fully saturated rings. The largest absolute Gasteiger partial charge is 0.493 e. The third-order valence-electron chi connectivity index (χ3n) is 3.27. The Morgan fingerprint density at radius 2 is 1.71 bits per heavy atom. The number of hydrogen-bond donors (Lipinski definition) is 0. The summed E-state index contributed by atoms with van der Waals surface area (Å²) < 4.78 is 11.9. The Labute approximate surface area is 152 Å². The second-order valence-corrected chi connectivity index (χ2v) is 6.97. The lowest BCUT2D eigenvalue weighted by Crippen LogP contribution is -2.00. The Hall–Kier alpha value is -0.460. The number of alkyl halides is 1. The molecule has 0 heterocycles. The van der Waals surface area contributed by atoms with Gasteiger partial charge in [-0.3, -0.25) is 0 Å². The fraction of sp³-hybridized carbons (Fsp3) is 0.250. The van der Waals surface area contributed by atoms with Crippen molar-refractivity contribution in [2.24, 2.45) is 0 Å². The molecule has 1 atom stereocenters. The molecule has 0 aromatic heterocycles. The lowest BCUT2D eigenvalue weighted by Gasteiger charge is -2.18. The molecule has 0 saturated heterocycles. The predicted octanol–water partition coefficient (Wildman–Crippen LogP) is 5.75. The van der Waals surface area contributed by atoms with Crippen molar-refractivity contribution in [3.05, 3.63) is 55.6 Å². The first-order valence-corrected chi connectivity index (χ1v) is 8.67. The number of benzene rings is 2. The molecular formula is C16H15BrClIO2. The van der Waals surface area contributed by atoms with Gasteiger partial charge in [0.25, 0.3) is 0 Å². The van der Waals surface area contributed by atoms with E-state index in [1.165, 1.54) is 14.7 Å². The van der Waals surface area contributed by atoms with Crippen molar-refractivity contribution < 1.29 is 9.47 Å². The van der Waals surface area contributed by atoms with Crippen LogP contribution >= 0.6 is 50.1 Å². The van der Waals surface area contributed by atoms with Crippen LogP contribution in [0.5, 0.6) is 11.5 Å². The fourth-order valence-electron chi connectivity index (χ4n) is 2.10. The first kappa shape index (κ1) is 16.9. The SMILES string of the molecule is COc1cc(Cl)c(C(Br)c2cccc(C)c2I)cc1OC. The van der Waals surface area contributed by atoms with Gasteiger partial charge in [0.15, 0.2) is 11.5 Å². The molecule has 2 rings (SSSR count). The van der Waals surface area contributed by atoms with Gasteiger partial charge in [0.05, 0.1) is 19.0 Å². The minimum atomic E-state index is -0.00314. The van der Waals surface area contributed by atoms with Crippen molar-refractivity contribution in [2.45, 2.75) is 11.8 Å². The van der Waals surface area contributed by atoms with Crippen molar-refractivity contribution in [3.63, 3.8) is 0 Å². The van der Waals surface area contributed by atoms with E-state index >= 15 is 0 Å². The average Bonchev–Trinajstić information content (AvgIpc) is 2.49. The van der Waals surface area contributed by atoms with Gasteiger partial charge in [0, 0.05) is 14.7 Å². The molecule has 0 aliphatic heterocycles. The van der Waals surface area contributed by atoms with Crippen LogP contribution in [0.25, 0.3) is 0 Å². The summed E-state index contributed by atoms with van der Waals surface area (Å²) in [7, 11) is 3.22. The summed E-state index contributed by atoms with van der Waals surface area (Å²) in [5, 5.41) is 0.645. The number of methoxy groups -OCH3 is 2. The molecule has 0 bridgehead atoms. The first-order chi connectivity index (χ1) is 9.99. The summed E-state index contributed by atoms with van der Waals surface area (Å²) in [6.07, 6.45) is 0. The summed E-state index contributed by atoms with van der Waals surface area (Å²) in [6.45, 7) is 2.10. The van der Waals surface area contributed by atoms with Crippen LogP contribution in [0.15, 0.2) is 30.3 Å². The monoisotopic (exact) mass is 480 g/mol. The summed E-state index contributed by atoms with van der Waals surface area (Å²) in [5.41, 5.74) is 3.39. The van der Waals surface area contributed by atoms with Crippen molar-refractivity contribution in [1.82, 2.24) is 0 Å². The number of aryl methyl sites for hydroxylation is 1. The molecule has 0 amide bonds. The predicted molar refractivity (Wildman–Crippen MR) is 99.2 cm³/mol. The van der Waals surface area contributed by atoms with Crippen LogP contribution in [0.4, 0.5) is 0 Å². The molecule has 0 saturated carbocycles. The van der Waals surface area contributed by atoms with Crippen molar-refractivity contribution in [2.75, 3.05) is 14.2 Å². The molecule has 2 aromatic rings. The molecule has 5 heteroatoms. The molecule has 2 aromatic carbocycles. The van der Waals surface area contributed by atoms with E-state index in [0.717, 1.165) is 5.56 Å². The van der Waals surface area contributed by atoms with Gasteiger partial charge in [-0.15, -0.1) is 0 Å². The van der Waals surface area contributed by atoms with Gasteiger partial charge in [0.1, 0.15) is 0 Å². The van der Waals surface area contributed by atoms with Crippen LogP contribution < -0.4 is 9.47 Å². The topological polar surface area (TPSA) is 18.5 Å². The van der Waals surface area contributed by atoms with Gasteiger partial charge in [-0.2, -0.15) is 0 Å². The Morgan fingerprint density at radius 3 is 2.33 bits per heavy atom. The molecule has 2 nitrogen and oxygen atoms in total. The fourth-order valence-corrected chi connectivity index (χ4v) is 4.35. The van der Waals surface area contributed by atoms with Crippen molar-refractivity contribution >= 4 is 50.1 Å². The molecule has 0 N–H and O–H groups in total. The second kappa shape index (κ2) is 7.20. The zero-order valence-electron chi connectivity index (χ0n) is 11.9. The van der Waals surface area contributed by atoms with Gasteiger partial charge in [-0.05, 0) is 52.3 Å². The highest BCUT2D eigenvalue weighted by molar-refractivity contribution is 14.1. The molecule has 21 heavy (non-hydrogen) atoms. The summed E-state index contributed by atoms with van der Waals surface area (Å²) in [6, 6.07) is 9.95. The lowest BCUT2D eigenvalue weighted by atomic mass is 10.0. The Kier molecular flexibility index (Phi) is 5.80. The van der Waals surface area contributed by atoms with Crippen LogP contribution in [0.2, 0.25) is 5.02 Å². The highest BCUT2D eigenvalue weighted by atomic mass is 127. The number of halogens is 3. The van der Waals surface area contributed by atoms with Gasteiger partial charge < -0.3 is 9.47 Å². The minimum Gasteiger partial charge on any atom is -0.493 e. The normalized spacial score (nSPS) is 12.1. The standard InChI is InChI=1S/C16H15BrClIO2/c1-9-5-4-6-10(16(9)19)15(17)11-7-13(20-2)14(21-3)8-12(11)18/h4-8,15H,1-3H3. The highest BCUT2D eigenvalue weighted by Gasteiger charge is 2.20. The van der Waals surface area contributed by atoms with Crippen LogP contribution in [0.1, 0.15) is 21.5 Å². The van der Waals surface area contributed by atoms with E-state index in [9.17, 15) is 0 Å². The Bertz CT molecular complexity index is 661. The van der Waals surface area contributed by atoms with Crippen molar-refractivity contribution in [3.8, 4) is 11.5 Å². The molecular weight excluding hydrogens is 466 g/mol. The molecule has 0 aliphatic carbocycles. The Morgan fingerprint density at radius 1 is 1.10 bits per heavy atom. The van der Waals surface area contributed by atoms with E-state index in [2.05, 4.69) is 63.6 Å². The second-order valence-electron chi connectivity index (χ2n) is 4.57. The quantitative estimate of drug-likeness (QED) is 0.409. The minimum absolute atomic E-state index is 0.00314. The van der Waals surface area contributed by atoms with E-state index in [1.807, 2.05) is 6.07 Å². The maximum absolute atomic E-state index is 6.41. The molecule has 0 radical (unpaired) electrons. The van der Waals surface area contributed by atoms with Gasteiger partial charge in [0.2, 0.25) is 0 Å². The van der Waals surface area contributed by atoms with Crippen molar-refractivity contribution in [1.29, 1.82) is 0 Å². The highest BCUT2D eigenvalue weighted by Crippen LogP contribution is 2.42. The lowest BCUT2D eigenvalue weighted by molar-refractivity contribution is 0.354. The third-order valence-corrected chi connectivity index (χ3v) is 6.06. The molecule has 1 unspecified atom stereocenters. The number of rotatable bonds is 4. The molecule has 0 aliphatic rings. The van der Waals surface area contributed by atoms with E-state index in [4.69, 9.17) is 21.1 Å². The third kappa shape index (κ3) is 3.48. The number of ether oxygens (including phenoxy) is 2. The first-order valence-electron chi connectivity index (χ1n) is 6.30. The summed E-state index contributed by atoms with van der Waals surface area (Å²) in [4.78, 5) is -0.00314. The van der Waals surface area contributed by atoms with E-state index in [-0.39, 0.29) is 4.83 Å². The van der Waals surface area contributed by atoms with E-state index < -0.39 is 0 Å².